The Hall–Kier alpha value is -2.82. The molecule has 0 radical (unpaired) electrons. The monoisotopic (exact) mass is 332 g/mol. The van der Waals surface area contributed by atoms with Gasteiger partial charge in [-0.25, -0.2) is 9.97 Å². The van der Waals surface area contributed by atoms with E-state index in [9.17, 15) is 4.79 Å². The second kappa shape index (κ2) is 6.59. The Morgan fingerprint density at radius 2 is 1.96 bits per heavy atom. The predicted molar refractivity (Wildman–Crippen MR) is 96.4 cm³/mol. The number of pyridine rings is 1. The molecule has 3 aromatic rings. The van der Waals surface area contributed by atoms with Crippen molar-refractivity contribution in [1.82, 2.24) is 19.9 Å². The highest BCUT2D eigenvalue weighted by atomic mass is 16.2. The Labute approximate surface area is 146 Å². The summed E-state index contributed by atoms with van der Waals surface area (Å²) < 4.78 is 0. The van der Waals surface area contributed by atoms with E-state index < -0.39 is 0 Å². The van der Waals surface area contributed by atoms with E-state index in [4.69, 9.17) is 0 Å². The van der Waals surface area contributed by atoms with Crippen LogP contribution in [-0.4, -0.2) is 38.8 Å². The first-order valence-electron chi connectivity index (χ1n) is 8.65. The summed E-state index contributed by atoms with van der Waals surface area (Å²) in [5.74, 6) is 1.04. The summed E-state index contributed by atoms with van der Waals surface area (Å²) in [6.45, 7) is 3.35. The summed E-state index contributed by atoms with van der Waals surface area (Å²) in [5.41, 5.74) is 1.56. The van der Waals surface area contributed by atoms with Gasteiger partial charge in [-0.15, -0.1) is 0 Å². The zero-order chi connectivity index (χ0) is 17.2. The summed E-state index contributed by atoms with van der Waals surface area (Å²) >= 11 is 0. The molecular weight excluding hydrogens is 312 g/mol. The molecule has 1 amide bonds. The van der Waals surface area contributed by atoms with Crippen molar-refractivity contribution >= 4 is 16.7 Å². The van der Waals surface area contributed by atoms with E-state index in [0.29, 0.717) is 12.2 Å². The Balaban J connectivity index is 1.61. The van der Waals surface area contributed by atoms with Gasteiger partial charge in [-0.05, 0) is 37.3 Å². The van der Waals surface area contributed by atoms with Crippen LogP contribution < -0.4 is 0 Å². The van der Waals surface area contributed by atoms with Crippen molar-refractivity contribution in [1.29, 1.82) is 0 Å². The molecule has 1 aromatic carbocycles. The summed E-state index contributed by atoms with van der Waals surface area (Å²) in [6, 6.07) is 11.8. The first kappa shape index (κ1) is 15.7. The highest BCUT2D eigenvalue weighted by Crippen LogP contribution is 2.27. The molecule has 0 unspecified atom stereocenters. The number of aromatic nitrogens is 3. The fourth-order valence-corrected chi connectivity index (χ4v) is 3.54. The van der Waals surface area contributed by atoms with Crippen LogP contribution >= 0.6 is 0 Å². The van der Waals surface area contributed by atoms with E-state index in [0.717, 1.165) is 41.7 Å². The molecule has 0 saturated carbocycles. The lowest BCUT2D eigenvalue weighted by atomic mass is 9.94. The summed E-state index contributed by atoms with van der Waals surface area (Å²) in [4.78, 5) is 28.1. The molecule has 5 nitrogen and oxygen atoms in total. The molecular formula is C20H20N4O. The van der Waals surface area contributed by atoms with E-state index in [1.165, 1.54) is 0 Å². The molecule has 0 bridgehead atoms. The third-order valence-electron chi connectivity index (χ3n) is 4.80. The van der Waals surface area contributed by atoms with E-state index in [1.807, 2.05) is 48.2 Å². The van der Waals surface area contributed by atoms with Crippen molar-refractivity contribution < 1.29 is 4.79 Å². The maximum atomic E-state index is 13.1. The molecule has 1 aliphatic heterocycles. The first-order chi connectivity index (χ1) is 12.2. The maximum Gasteiger partial charge on any atom is 0.273 e. The number of rotatable bonds is 2. The average Bonchev–Trinajstić information content (AvgIpc) is 2.67. The van der Waals surface area contributed by atoms with Gasteiger partial charge >= 0.3 is 0 Å². The largest absolute Gasteiger partial charge is 0.337 e. The molecule has 2 aromatic heterocycles. The number of aryl methyl sites for hydroxylation is 1. The lowest BCUT2D eigenvalue weighted by Gasteiger charge is -2.32. The highest BCUT2D eigenvalue weighted by Gasteiger charge is 2.27. The molecule has 0 spiro atoms. The van der Waals surface area contributed by atoms with E-state index in [-0.39, 0.29) is 11.8 Å². The van der Waals surface area contributed by atoms with Crippen LogP contribution in [-0.2, 0) is 0 Å². The number of carbonyl (C=O) groups excluding carboxylic acids is 1. The average molecular weight is 332 g/mol. The molecule has 126 valence electrons. The minimum absolute atomic E-state index is 0.00674. The van der Waals surface area contributed by atoms with Gasteiger partial charge in [0.15, 0.2) is 0 Å². The second-order valence-corrected chi connectivity index (χ2v) is 6.50. The van der Waals surface area contributed by atoms with Crippen LogP contribution in [0.2, 0.25) is 0 Å². The smallest absolute Gasteiger partial charge is 0.273 e. The molecule has 1 atom stereocenters. The number of likely N-dealkylation sites (tertiary alicyclic amines) is 1. The van der Waals surface area contributed by atoms with Crippen molar-refractivity contribution in [2.75, 3.05) is 13.1 Å². The molecule has 4 rings (SSSR count). The number of carbonyl (C=O) groups is 1. The maximum absolute atomic E-state index is 13.1. The van der Waals surface area contributed by atoms with E-state index in [2.05, 4.69) is 15.0 Å². The van der Waals surface area contributed by atoms with Crippen molar-refractivity contribution in [3.05, 3.63) is 66.0 Å². The lowest BCUT2D eigenvalue weighted by Crippen LogP contribution is -2.39. The number of benzene rings is 1. The third kappa shape index (κ3) is 3.09. The Morgan fingerprint density at radius 3 is 2.84 bits per heavy atom. The fraction of sp³-hybridized carbons (Fsp3) is 0.300. The quantitative estimate of drug-likeness (QED) is 0.722. The molecule has 1 aliphatic rings. The SMILES string of the molecule is Cc1nccc([C@H]2CCCN(C(=O)c3nccc4ccccc34)C2)n1. The molecule has 25 heavy (non-hydrogen) atoms. The fourth-order valence-electron chi connectivity index (χ4n) is 3.54. The zero-order valence-electron chi connectivity index (χ0n) is 14.2. The van der Waals surface area contributed by atoms with Crippen LogP contribution in [0, 0.1) is 6.92 Å². The topological polar surface area (TPSA) is 59.0 Å². The van der Waals surface area contributed by atoms with Gasteiger partial charge in [0.2, 0.25) is 0 Å². The molecule has 1 saturated heterocycles. The van der Waals surface area contributed by atoms with Crippen LogP contribution in [0.3, 0.4) is 0 Å². The summed E-state index contributed by atoms with van der Waals surface area (Å²) in [6.07, 6.45) is 5.53. The Morgan fingerprint density at radius 1 is 1.12 bits per heavy atom. The predicted octanol–water partition coefficient (Wildman–Crippen LogP) is 3.35. The van der Waals surface area contributed by atoms with E-state index >= 15 is 0 Å². The minimum Gasteiger partial charge on any atom is -0.337 e. The number of fused-ring (bicyclic) bond motifs is 1. The van der Waals surface area contributed by atoms with E-state index in [1.54, 1.807) is 12.4 Å². The zero-order valence-corrected chi connectivity index (χ0v) is 14.2. The number of hydrogen-bond acceptors (Lipinski definition) is 4. The van der Waals surface area contributed by atoms with Crippen molar-refractivity contribution in [3.8, 4) is 0 Å². The van der Waals surface area contributed by atoms with Gasteiger partial charge in [0.1, 0.15) is 11.5 Å². The van der Waals surface area contributed by atoms with Gasteiger partial charge in [0, 0.05) is 42.5 Å². The molecule has 5 heteroatoms. The number of nitrogens with zero attached hydrogens (tertiary/aromatic N) is 4. The number of hydrogen-bond donors (Lipinski definition) is 0. The Bertz CT molecular complexity index is 919. The normalized spacial score (nSPS) is 17.6. The van der Waals surface area contributed by atoms with Gasteiger partial charge in [-0.1, -0.05) is 24.3 Å². The van der Waals surface area contributed by atoms with Gasteiger partial charge in [-0.3, -0.25) is 9.78 Å². The van der Waals surface area contributed by atoms with Gasteiger partial charge in [-0.2, -0.15) is 0 Å². The molecule has 0 N–H and O–H groups in total. The molecule has 1 fully saturated rings. The first-order valence-corrected chi connectivity index (χ1v) is 8.65. The van der Waals surface area contributed by atoms with Crippen molar-refractivity contribution in [2.24, 2.45) is 0 Å². The van der Waals surface area contributed by atoms with Crippen LogP contribution in [0.25, 0.3) is 10.8 Å². The van der Waals surface area contributed by atoms with Crippen molar-refractivity contribution in [3.63, 3.8) is 0 Å². The van der Waals surface area contributed by atoms with Gasteiger partial charge < -0.3 is 4.90 Å². The number of amides is 1. The number of piperidine rings is 1. The van der Waals surface area contributed by atoms with Crippen LogP contribution in [0.15, 0.2) is 48.8 Å². The summed E-state index contributed by atoms with van der Waals surface area (Å²) in [7, 11) is 0. The van der Waals surface area contributed by atoms with Crippen LogP contribution in [0.1, 0.15) is 40.8 Å². The van der Waals surface area contributed by atoms with Gasteiger partial charge in [0.25, 0.3) is 5.91 Å². The second-order valence-electron chi connectivity index (χ2n) is 6.50. The van der Waals surface area contributed by atoms with Crippen LogP contribution in [0.4, 0.5) is 0 Å². The Kier molecular flexibility index (Phi) is 4.14. The van der Waals surface area contributed by atoms with Crippen LogP contribution in [0.5, 0.6) is 0 Å². The standard InChI is InChI=1S/C20H20N4O/c1-14-21-11-9-18(23-14)16-6-4-12-24(13-16)20(25)19-17-7-3-2-5-15(17)8-10-22-19/h2-3,5,7-11,16H,4,6,12-13H2,1H3/t16-/m0/s1. The minimum atomic E-state index is 0.00674. The van der Waals surface area contributed by atoms with Gasteiger partial charge in [0.05, 0.1) is 0 Å². The highest BCUT2D eigenvalue weighted by molar-refractivity contribution is 6.05. The third-order valence-corrected chi connectivity index (χ3v) is 4.80. The molecule has 0 aliphatic carbocycles. The lowest BCUT2D eigenvalue weighted by molar-refractivity contribution is 0.0702. The molecule has 3 heterocycles. The summed E-state index contributed by atoms with van der Waals surface area (Å²) in [5, 5.41) is 1.95. The van der Waals surface area contributed by atoms with Crippen molar-refractivity contribution in [2.45, 2.75) is 25.7 Å².